The van der Waals surface area contributed by atoms with Gasteiger partial charge in [0.05, 0.1) is 16.6 Å². The highest BCUT2D eigenvalue weighted by Crippen LogP contribution is 2.14. The van der Waals surface area contributed by atoms with Crippen LogP contribution in [0.4, 0.5) is 0 Å². The van der Waals surface area contributed by atoms with Crippen molar-refractivity contribution >= 4 is 22.6 Å². The molecule has 0 saturated heterocycles. The summed E-state index contributed by atoms with van der Waals surface area (Å²) in [5.74, 6) is 0. The van der Waals surface area contributed by atoms with E-state index in [0.29, 0.717) is 11.9 Å². The van der Waals surface area contributed by atoms with E-state index in [1.807, 2.05) is 84.3 Å². The molecule has 4 nitrogen and oxygen atoms in total. The van der Waals surface area contributed by atoms with Crippen LogP contribution in [0.25, 0.3) is 22.6 Å². The Morgan fingerprint density at radius 1 is 1.04 bits per heavy atom. The van der Waals surface area contributed by atoms with Crippen LogP contribution in [-0.4, -0.2) is 14.2 Å². The van der Waals surface area contributed by atoms with Gasteiger partial charge in [-0.3, -0.25) is 9.36 Å². The highest BCUT2D eigenvalue weighted by atomic mass is 16.1. The molecule has 0 spiro atoms. The molecule has 4 aromatic rings. The third kappa shape index (κ3) is 2.42. The molecule has 4 rings (SSSR count). The minimum Gasteiger partial charge on any atom is -0.289 e. The zero-order valence-electron chi connectivity index (χ0n) is 13.4. The maximum absolute atomic E-state index is 12.9. The number of hydrogen-bond acceptors (Lipinski definition) is 2. The minimum atomic E-state index is 0.00992. The molecule has 0 N–H and O–H groups in total. The molecule has 0 aliphatic heterocycles. The highest BCUT2D eigenvalue weighted by Gasteiger charge is 2.11. The van der Waals surface area contributed by atoms with E-state index in [2.05, 4.69) is 5.10 Å². The van der Waals surface area contributed by atoms with Crippen LogP contribution >= 0.6 is 0 Å². The molecule has 0 amide bonds. The fourth-order valence-electron chi connectivity index (χ4n) is 2.98. The summed E-state index contributed by atoms with van der Waals surface area (Å²) in [6.07, 6.45) is 4.04. The average Bonchev–Trinajstić information content (AvgIpc) is 3.00. The van der Waals surface area contributed by atoms with E-state index < -0.39 is 0 Å². The lowest BCUT2D eigenvalue weighted by molar-refractivity contribution is 0.785. The average molecular weight is 315 g/mol. The van der Waals surface area contributed by atoms with Crippen LogP contribution < -0.4 is 5.56 Å². The molecular formula is C20H17N3O. The zero-order valence-corrected chi connectivity index (χ0v) is 13.4. The molecule has 0 saturated carbocycles. The Hall–Kier alpha value is -3.14. The minimum absolute atomic E-state index is 0.00992. The standard InChI is InChI=1S/C20H17N3O/c1-15-14-19-22(13-7-10-16-8-3-2-4-9-16)20(24)17-11-5-6-12-18(17)23(19)21-15/h2-12,14H,13H2,1H3/b10-7+. The van der Waals surface area contributed by atoms with E-state index in [-0.39, 0.29) is 5.56 Å². The van der Waals surface area contributed by atoms with Gasteiger partial charge >= 0.3 is 0 Å². The first-order chi connectivity index (χ1) is 11.7. The summed E-state index contributed by atoms with van der Waals surface area (Å²) < 4.78 is 3.62. The number of para-hydroxylation sites is 1. The van der Waals surface area contributed by atoms with Crippen molar-refractivity contribution < 1.29 is 0 Å². The molecule has 0 fully saturated rings. The second-order valence-corrected chi connectivity index (χ2v) is 5.80. The Balaban J connectivity index is 1.86. The topological polar surface area (TPSA) is 39.3 Å². The van der Waals surface area contributed by atoms with Crippen molar-refractivity contribution in [3.05, 3.63) is 88.4 Å². The summed E-state index contributed by atoms with van der Waals surface area (Å²) in [5.41, 5.74) is 3.68. The number of aromatic nitrogens is 3. The molecule has 2 aromatic carbocycles. The first-order valence-electron chi connectivity index (χ1n) is 7.93. The Morgan fingerprint density at radius 3 is 2.62 bits per heavy atom. The van der Waals surface area contributed by atoms with E-state index in [9.17, 15) is 4.79 Å². The number of aryl methyl sites for hydroxylation is 1. The summed E-state index contributed by atoms with van der Waals surface area (Å²) in [6.45, 7) is 2.45. The van der Waals surface area contributed by atoms with Crippen molar-refractivity contribution in [2.24, 2.45) is 0 Å². The van der Waals surface area contributed by atoms with Crippen molar-refractivity contribution in [2.45, 2.75) is 13.5 Å². The van der Waals surface area contributed by atoms with Gasteiger partial charge in [-0.05, 0) is 24.6 Å². The normalized spacial score (nSPS) is 11.7. The molecule has 0 atom stereocenters. The van der Waals surface area contributed by atoms with Crippen LogP contribution in [0.15, 0.2) is 71.5 Å². The van der Waals surface area contributed by atoms with Crippen molar-refractivity contribution in [2.75, 3.05) is 0 Å². The van der Waals surface area contributed by atoms with Gasteiger partial charge in [0.2, 0.25) is 0 Å². The second kappa shape index (κ2) is 5.81. The molecule has 0 radical (unpaired) electrons. The van der Waals surface area contributed by atoms with Crippen molar-refractivity contribution in [3.8, 4) is 0 Å². The van der Waals surface area contributed by atoms with Gasteiger partial charge in [0.1, 0.15) is 5.65 Å². The van der Waals surface area contributed by atoms with Crippen LogP contribution in [0.1, 0.15) is 11.3 Å². The largest absolute Gasteiger partial charge is 0.289 e. The lowest BCUT2D eigenvalue weighted by Gasteiger charge is -2.08. The van der Waals surface area contributed by atoms with E-state index in [1.54, 1.807) is 4.57 Å². The first-order valence-corrected chi connectivity index (χ1v) is 7.93. The van der Waals surface area contributed by atoms with Crippen LogP contribution in [0.5, 0.6) is 0 Å². The van der Waals surface area contributed by atoms with Crippen molar-refractivity contribution in [1.29, 1.82) is 0 Å². The molecular weight excluding hydrogens is 298 g/mol. The first kappa shape index (κ1) is 14.5. The fourth-order valence-corrected chi connectivity index (χ4v) is 2.98. The summed E-state index contributed by atoms with van der Waals surface area (Å²) in [5, 5.41) is 5.22. The number of rotatable bonds is 3. The van der Waals surface area contributed by atoms with Gasteiger partial charge in [0.15, 0.2) is 0 Å². The molecule has 0 aliphatic carbocycles. The van der Waals surface area contributed by atoms with Gasteiger partial charge < -0.3 is 0 Å². The predicted molar refractivity (Wildman–Crippen MR) is 97.2 cm³/mol. The van der Waals surface area contributed by atoms with Gasteiger partial charge in [0.25, 0.3) is 5.56 Å². The lowest BCUT2D eigenvalue weighted by atomic mass is 10.2. The summed E-state index contributed by atoms with van der Waals surface area (Å²) in [7, 11) is 0. The van der Waals surface area contributed by atoms with Crippen LogP contribution in [0.3, 0.4) is 0 Å². The van der Waals surface area contributed by atoms with E-state index in [1.165, 1.54) is 0 Å². The molecule has 4 heteroatoms. The summed E-state index contributed by atoms with van der Waals surface area (Å²) in [6, 6.07) is 19.6. The van der Waals surface area contributed by atoms with Crippen molar-refractivity contribution in [1.82, 2.24) is 14.2 Å². The SMILES string of the molecule is Cc1cc2n(C/C=C/c3ccccc3)c(=O)c3ccccc3n2n1. The maximum Gasteiger partial charge on any atom is 0.261 e. The summed E-state index contributed by atoms with van der Waals surface area (Å²) in [4.78, 5) is 12.9. The van der Waals surface area contributed by atoms with Gasteiger partial charge in [-0.2, -0.15) is 5.10 Å². The fraction of sp³-hybridized carbons (Fsp3) is 0.100. The van der Waals surface area contributed by atoms with Gasteiger partial charge in [-0.25, -0.2) is 4.52 Å². The molecule has 2 aromatic heterocycles. The Bertz CT molecular complexity index is 1100. The molecule has 24 heavy (non-hydrogen) atoms. The van der Waals surface area contributed by atoms with Crippen molar-refractivity contribution in [3.63, 3.8) is 0 Å². The maximum atomic E-state index is 12.9. The van der Waals surface area contributed by atoms with Crippen LogP contribution in [-0.2, 0) is 6.54 Å². The van der Waals surface area contributed by atoms with E-state index in [4.69, 9.17) is 0 Å². The molecule has 0 bridgehead atoms. The van der Waals surface area contributed by atoms with Gasteiger partial charge in [-0.15, -0.1) is 0 Å². The smallest absolute Gasteiger partial charge is 0.261 e. The van der Waals surface area contributed by atoms with Gasteiger partial charge in [0, 0.05) is 12.6 Å². The second-order valence-electron chi connectivity index (χ2n) is 5.80. The van der Waals surface area contributed by atoms with E-state index in [0.717, 1.165) is 22.4 Å². The van der Waals surface area contributed by atoms with Gasteiger partial charge in [-0.1, -0.05) is 54.6 Å². The molecule has 118 valence electrons. The number of benzene rings is 2. The predicted octanol–water partition coefficient (Wildman–Crippen LogP) is 3.67. The molecule has 0 aliphatic rings. The monoisotopic (exact) mass is 315 g/mol. The third-order valence-electron chi connectivity index (χ3n) is 4.09. The van der Waals surface area contributed by atoms with Crippen LogP contribution in [0.2, 0.25) is 0 Å². The zero-order chi connectivity index (χ0) is 16.5. The Labute approximate surface area is 139 Å². The molecule has 2 heterocycles. The van der Waals surface area contributed by atoms with E-state index >= 15 is 0 Å². The highest BCUT2D eigenvalue weighted by molar-refractivity contribution is 5.80. The number of allylic oxidation sites excluding steroid dienone is 1. The lowest BCUT2D eigenvalue weighted by Crippen LogP contribution is -2.22. The molecule has 0 unspecified atom stereocenters. The Kier molecular flexibility index (Phi) is 3.50. The number of fused-ring (bicyclic) bond motifs is 3. The Morgan fingerprint density at radius 2 is 1.79 bits per heavy atom. The third-order valence-corrected chi connectivity index (χ3v) is 4.09. The summed E-state index contributed by atoms with van der Waals surface area (Å²) >= 11 is 0. The number of hydrogen-bond donors (Lipinski definition) is 0. The van der Waals surface area contributed by atoms with Crippen LogP contribution in [0, 0.1) is 6.92 Å². The quantitative estimate of drug-likeness (QED) is 0.578. The number of nitrogens with zero attached hydrogens (tertiary/aromatic N) is 3.